The van der Waals surface area contributed by atoms with Crippen LogP contribution in [0.2, 0.25) is 0 Å². The topological polar surface area (TPSA) is 86.6 Å². The maximum atomic E-state index is 11.8. The number of aromatic carboxylic acids is 1. The molecule has 0 heterocycles. The minimum Gasteiger partial charge on any atom is -0.508 e. The standard InChI is InChI=1S/C15H13NO4/c17-13-7-2-1-4-10(13)9-14(18)16-12-6-3-5-11(8-12)15(19)20/h1-8,17H,9H2,(H,16,18)(H,19,20). The number of carbonyl (C=O) groups excluding carboxylic acids is 1. The lowest BCUT2D eigenvalue weighted by Crippen LogP contribution is -2.14. The molecule has 0 aliphatic heterocycles. The molecule has 102 valence electrons. The van der Waals surface area contributed by atoms with Gasteiger partial charge in [0.15, 0.2) is 0 Å². The minimum absolute atomic E-state index is 0.0178. The third-order valence-electron chi connectivity index (χ3n) is 2.74. The van der Waals surface area contributed by atoms with Crippen LogP contribution < -0.4 is 5.32 Å². The molecule has 0 saturated heterocycles. The lowest BCUT2D eigenvalue weighted by molar-refractivity contribution is -0.115. The highest BCUT2D eigenvalue weighted by Crippen LogP contribution is 2.17. The van der Waals surface area contributed by atoms with Gasteiger partial charge in [-0.25, -0.2) is 4.79 Å². The van der Waals surface area contributed by atoms with Gasteiger partial charge in [-0.05, 0) is 24.3 Å². The molecule has 2 aromatic rings. The number of amides is 1. The van der Waals surface area contributed by atoms with Crippen LogP contribution in [0.3, 0.4) is 0 Å². The molecule has 2 rings (SSSR count). The number of rotatable bonds is 4. The maximum absolute atomic E-state index is 11.8. The molecule has 0 aromatic heterocycles. The first-order chi connectivity index (χ1) is 9.56. The number of para-hydroxylation sites is 1. The second kappa shape index (κ2) is 5.88. The van der Waals surface area contributed by atoms with Crippen molar-refractivity contribution in [1.29, 1.82) is 0 Å². The normalized spacial score (nSPS) is 10.0. The zero-order chi connectivity index (χ0) is 14.5. The van der Waals surface area contributed by atoms with Crippen LogP contribution in [0.15, 0.2) is 48.5 Å². The number of anilines is 1. The van der Waals surface area contributed by atoms with Gasteiger partial charge in [-0.15, -0.1) is 0 Å². The summed E-state index contributed by atoms with van der Waals surface area (Å²) in [6.45, 7) is 0. The van der Waals surface area contributed by atoms with E-state index in [0.717, 1.165) is 0 Å². The zero-order valence-electron chi connectivity index (χ0n) is 10.5. The first-order valence-electron chi connectivity index (χ1n) is 5.96. The smallest absolute Gasteiger partial charge is 0.335 e. The van der Waals surface area contributed by atoms with E-state index in [-0.39, 0.29) is 23.6 Å². The third kappa shape index (κ3) is 3.35. The molecular formula is C15H13NO4. The number of carboxylic acid groups (broad SMARTS) is 1. The predicted octanol–water partition coefficient (Wildman–Crippen LogP) is 2.27. The van der Waals surface area contributed by atoms with E-state index in [1.807, 2.05) is 0 Å². The highest BCUT2D eigenvalue weighted by atomic mass is 16.4. The van der Waals surface area contributed by atoms with E-state index in [9.17, 15) is 14.7 Å². The van der Waals surface area contributed by atoms with Gasteiger partial charge in [0.1, 0.15) is 5.75 Å². The number of hydrogen-bond donors (Lipinski definition) is 3. The van der Waals surface area contributed by atoms with Gasteiger partial charge in [-0.2, -0.15) is 0 Å². The number of carboxylic acids is 1. The van der Waals surface area contributed by atoms with Gasteiger partial charge in [-0.3, -0.25) is 4.79 Å². The van der Waals surface area contributed by atoms with Gasteiger partial charge in [0.05, 0.1) is 12.0 Å². The number of hydrogen-bond acceptors (Lipinski definition) is 3. The van der Waals surface area contributed by atoms with Crippen LogP contribution in [-0.2, 0) is 11.2 Å². The zero-order valence-corrected chi connectivity index (χ0v) is 10.5. The van der Waals surface area contributed by atoms with E-state index >= 15 is 0 Å². The molecule has 0 aliphatic carbocycles. The number of nitrogens with one attached hydrogen (secondary N) is 1. The third-order valence-corrected chi connectivity index (χ3v) is 2.74. The highest BCUT2D eigenvalue weighted by Gasteiger charge is 2.09. The summed E-state index contributed by atoms with van der Waals surface area (Å²) < 4.78 is 0. The summed E-state index contributed by atoms with van der Waals surface area (Å²) in [5.41, 5.74) is 1.02. The average molecular weight is 271 g/mol. The molecule has 0 saturated carbocycles. The lowest BCUT2D eigenvalue weighted by Gasteiger charge is -2.07. The van der Waals surface area contributed by atoms with Gasteiger partial charge in [0, 0.05) is 11.3 Å². The molecule has 5 heteroatoms. The van der Waals surface area contributed by atoms with Crippen molar-refractivity contribution in [1.82, 2.24) is 0 Å². The van der Waals surface area contributed by atoms with Crippen LogP contribution in [0, 0.1) is 0 Å². The minimum atomic E-state index is -1.05. The van der Waals surface area contributed by atoms with Gasteiger partial charge < -0.3 is 15.5 Å². The summed E-state index contributed by atoms with van der Waals surface area (Å²) in [4.78, 5) is 22.7. The molecule has 0 fully saturated rings. The Hall–Kier alpha value is -2.82. The predicted molar refractivity (Wildman–Crippen MR) is 73.8 cm³/mol. The Morgan fingerprint density at radius 1 is 1.05 bits per heavy atom. The molecule has 0 aliphatic rings. The van der Waals surface area contributed by atoms with Crippen molar-refractivity contribution < 1.29 is 19.8 Å². The largest absolute Gasteiger partial charge is 0.508 e. The van der Waals surface area contributed by atoms with Gasteiger partial charge in [0.2, 0.25) is 5.91 Å². The molecule has 0 radical (unpaired) electrons. The van der Waals surface area contributed by atoms with Crippen molar-refractivity contribution in [3.8, 4) is 5.75 Å². The van der Waals surface area contributed by atoms with E-state index in [4.69, 9.17) is 5.11 Å². The van der Waals surface area contributed by atoms with Crippen molar-refractivity contribution >= 4 is 17.6 Å². The number of aromatic hydroxyl groups is 1. The van der Waals surface area contributed by atoms with Crippen LogP contribution in [-0.4, -0.2) is 22.1 Å². The van der Waals surface area contributed by atoms with E-state index in [1.165, 1.54) is 18.2 Å². The molecule has 5 nitrogen and oxygen atoms in total. The monoisotopic (exact) mass is 271 g/mol. The van der Waals surface area contributed by atoms with E-state index in [0.29, 0.717) is 11.3 Å². The Labute approximate surface area is 115 Å². The summed E-state index contributed by atoms with van der Waals surface area (Å²) in [7, 11) is 0. The number of benzene rings is 2. The molecule has 3 N–H and O–H groups in total. The molecular weight excluding hydrogens is 258 g/mol. The second-order valence-corrected chi connectivity index (χ2v) is 4.24. The van der Waals surface area contributed by atoms with Crippen molar-refractivity contribution in [3.05, 3.63) is 59.7 Å². The van der Waals surface area contributed by atoms with Gasteiger partial charge >= 0.3 is 5.97 Å². The summed E-state index contributed by atoms with van der Waals surface area (Å²) >= 11 is 0. The molecule has 20 heavy (non-hydrogen) atoms. The van der Waals surface area contributed by atoms with Crippen LogP contribution >= 0.6 is 0 Å². The maximum Gasteiger partial charge on any atom is 0.335 e. The summed E-state index contributed by atoms with van der Waals surface area (Å²) in [5, 5.41) is 21.1. The Bertz CT molecular complexity index is 652. The number of phenols is 1. The highest BCUT2D eigenvalue weighted by molar-refractivity contribution is 5.95. The van der Waals surface area contributed by atoms with E-state index in [2.05, 4.69) is 5.32 Å². The Kier molecular flexibility index (Phi) is 4.00. The summed E-state index contributed by atoms with van der Waals surface area (Å²) in [6.07, 6.45) is 0.0178. The fourth-order valence-corrected chi connectivity index (χ4v) is 1.77. The van der Waals surface area contributed by atoms with Crippen molar-refractivity contribution in [2.24, 2.45) is 0 Å². The molecule has 0 bridgehead atoms. The number of phenolic OH excluding ortho intramolecular Hbond substituents is 1. The van der Waals surface area contributed by atoms with Crippen LogP contribution in [0.5, 0.6) is 5.75 Å². The molecule has 0 unspecified atom stereocenters. The second-order valence-electron chi connectivity index (χ2n) is 4.24. The first-order valence-corrected chi connectivity index (χ1v) is 5.96. The lowest BCUT2D eigenvalue weighted by atomic mass is 10.1. The average Bonchev–Trinajstić information content (AvgIpc) is 2.41. The molecule has 1 amide bonds. The van der Waals surface area contributed by atoms with Crippen molar-refractivity contribution in [2.45, 2.75) is 6.42 Å². The SMILES string of the molecule is O=C(Cc1ccccc1O)Nc1cccc(C(=O)O)c1. The van der Waals surface area contributed by atoms with Crippen LogP contribution in [0.4, 0.5) is 5.69 Å². The Morgan fingerprint density at radius 3 is 2.50 bits per heavy atom. The quantitative estimate of drug-likeness (QED) is 0.796. The fraction of sp³-hybridized carbons (Fsp3) is 0.0667. The van der Waals surface area contributed by atoms with Crippen molar-refractivity contribution in [2.75, 3.05) is 5.32 Å². The van der Waals surface area contributed by atoms with Crippen LogP contribution in [0.25, 0.3) is 0 Å². The van der Waals surface area contributed by atoms with E-state index < -0.39 is 5.97 Å². The Morgan fingerprint density at radius 2 is 1.80 bits per heavy atom. The molecule has 0 spiro atoms. The first kappa shape index (κ1) is 13.6. The van der Waals surface area contributed by atoms with Gasteiger partial charge in [0.25, 0.3) is 0 Å². The van der Waals surface area contributed by atoms with Crippen LogP contribution in [0.1, 0.15) is 15.9 Å². The number of carbonyl (C=O) groups is 2. The molecule has 2 aromatic carbocycles. The van der Waals surface area contributed by atoms with Crippen molar-refractivity contribution in [3.63, 3.8) is 0 Å². The van der Waals surface area contributed by atoms with Gasteiger partial charge in [-0.1, -0.05) is 24.3 Å². The summed E-state index contributed by atoms with van der Waals surface area (Å²) in [5.74, 6) is -1.32. The van der Waals surface area contributed by atoms with E-state index in [1.54, 1.807) is 30.3 Å². The summed E-state index contributed by atoms with van der Waals surface area (Å²) in [6, 6.07) is 12.6. The molecule has 0 atom stereocenters. The Balaban J connectivity index is 2.07. The fourth-order valence-electron chi connectivity index (χ4n) is 1.77.